The molecule has 2 fully saturated rings. The van der Waals surface area contributed by atoms with Gasteiger partial charge in [-0.25, -0.2) is 13.1 Å². The molecule has 3 unspecified atom stereocenters. The van der Waals surface area contributed by atoms with Crippen LogP contribution in [-0.4, -0.2) is 59.5 Å². The van der Waals surface area contributed by atoms with E-state index < -0.39 is 10.0 Å². The van der Waals surface area contributed by atoms with E-state index in [0.29, 0.717) is 37.1 Å². The summed E-state index contributed by atoms with van der Waals surface area (Å²) in [5.74, 6) is 1.24. The molecule has 0 spiro atoms. The Balaban J connectivity index is 1.80. The van der Waals surface area contributed by atoms with Crippen molar-refractivity contribution >= 4 is 16.0 Å². The Morgan fingerprint density at radius 3 is 2.71 bits per heavy atom. The maximum absolute atomic E-state index is 11.0. The van der Waals surface area contributed by atoms with Crippen LogP contribution in [0.2, 0.25) is 0 Å². The molecule has 1 saturated carbocycles. The summed E-state index contributed by atoms with van der Waals surface area (Å²) in [5, 5.41) is 6.57. The fourth-order valence-corrected chi connectivity index (χ4v) is 3.85. The van der Waals surface area contributed by atoms with Crippen molar-refractivity contribution < 1.29 is 13.2 Å². The van der Waals surface area contributed by atoms with E-state index in [9.17, 15) is 8.42 Å². The molecule has 7 nitrogen and oxygen atoms in total. The van der Waals surface area contributed by atoms with Gasteiger partial charge in [-0.05, 0) is 6.42 Å². The average Bonchev–Trinajstić information content (AvgIpc) is 2.83. The minimum Gasteiger partial charge on any atom is -0.377 e. The maximum Gasteiger partial charge on any atom is 0.208 e. The van der Waals surface area contributed by atoms with Crippen LogP contribution in [0.4, 0.5) is 0 Å². The summed E-state index contributed by atoms with van der Waals surface area (Å²) in [6.45, 7) is 6.07. The molecule has 1 saturated heterocycles. The predicted octanol–water partition coefficient (Wildman–Crippen LogP) is -0.486. The van der Waals surface area contributed by atoms with Gasteiger partial charge in [0.2, 0.25) is 10.0 Å². The summed E-state index contributed by atoms with van der Waals surface area (Å²) < 4.78 is 30.2. The highest BCUT2D eigenvalue weighted by molar-refractivity contribution is 7.88. The Morgan fingerprint density at radius 2 is 2.10 bits per heavy atom. The first kappa shape index (κ1) is 16.5. The Kier molecular flexibility index (Phi) is 4.79. The quantitative estimate of drug-likeness (QED) is 0.362. The van der Waals surface area contributed by atoms with Crippen LogP contribution in [0.1, 0.15) is 20.3 Å². The van der Waals surface area contributed by atoms with Crippen LogP contribution in [0.15, 0.2) is 4.99 Å². The van der Waals surface area contributed by atoms with Gasteiger partial charge in [-0.15, -0.1) is 0 Å². The number of rotatable bonds is 5. The topological polar surface area (TPSA) is 91.8 Å². The SMILES string of the molecule is CN=C(NCCNS(C)(=O)=O)NC1C2CCOC2C1(C)C. The molecule has 3 atom stereocenters. The molecular weight excluding hydrogens is 292 g/mol. The van der Waals surface area contributed by atoms with E-state index in [1.165, 1.54) is 0 Å². The normalized spacial score (nSPS) is 31.4. The van der Waals surface area contributed by atoms with Crippen molar-refractivity contribution in [1.29, 1.82) is 0 Å². The number of hydrogen-bond donors (Lipinski definition) is 3. The van der Waals surface area contributed by atoms with Crippen molar-refractivity contribution in [2.75, 3.05) is 33.0 Å². The van der Waals surface area contributed by atoms with E-state index in [1.54, 1.807) is 7.05 Å². The molecule has 0 amide bonds. The third-order valence-electron chi connectivity index (χ3n) is 4.40. The zero-order valence-electron chi connectivity index (χ0n) is 13.1. The maximum atomic E-state index is 11.0. The van der Waals surface area contributed by atoms with Crippen molar-refractivity contribution in [2.45, 2.75) is 32.4 Å². The molecule has 0 aromatic carbocycles. The molecule has 0 bridgehead atoms. The summed E-state index contributed by atoms with van der Waals surface area (Å²) >= 11 is 0. The molecule has 2 rings (SSSR count). The fourth-order valence-electron chi connectivity index (χ4n) is 3.38. The Morgan fingerprint density at radius 1 is 1.38 bits per heavy atom. The van der Waals surface area contributed by atoms with Gasteiger partial charge < -0.3 is 15.4 Å². The molecule has 1 aliphatic heterocycles. The van der Waals surface area contributed by atoms with E-state index in [4.69, 9.17) is 4.74 Å². The van der Waals surface area contributed by atoms with Crippen LogP contribution in [0.25, 0.3) is 0 Å². The number of hydrogen-bond acceptors (Lipinski definition) is 4. The third-order valence-corrected chi connectivity index (χ3v) is 5.13. The summed E-state index contributed by atoms with van der Waals surface area (Å²) in [7, 11) is -1.43. The first-order valence-corrected chi connectivity index (χ1v) is 9.18. The lowest BCUT2D eigenvalue weighted by molar-refractivity contribution is -0.106. The first-order chi connectivity index (χ1) is 9.75. The lowest BCUT2D eigenvalue weighted by Gasteiger charge is -2.54. The minimum absolute atomic E-state index is 0.0871. The number of aliphatic imine (C=N–C) groups is 1. The van der Waals surface area contributed by atoms with Crippen molar-refractivity contribution in [3.05, 3.63) is 0 Å². The molecule has 0 aromatic heterocycles. The van der Waals surface area contributed by atoms with Gasteiger partial charge in [0.15, 0.2) is 5.96 Å². The number of fused-ring (bicyclic) bond motifs is 1. The van der Waals surface area contributed by atoms with Crippen LogP contribution in [0, 0.1) is 11.3 Å². The second-order valence-corrected chi connectivity index (χ2v) is 8.19. The van der Waals surface area contributed by atoms with Crippen molar-refractivity contribution in [1.82, 2.24) is 15.4 Å². The Hall–Kier alpha value is -0.860. The van der Waals surface area contributed by atoms with Crippen molar-refractivity contribution in [3.8, 4) is 0 Å². The number of sulfonamides is 1. The molecule has 2 aliphatic rings. The van der Waals surface area contributed by atoms with Gasteiger partial charge >= 0.3 is 0 Å². The predicted molar refractivity (Wildman–Crippen MR) is 82.8 cm³/mol. The van der Waals surface area contributed by atoms with E-state index in [2.05, 4.69) is 34.2 Å². The summed E-state index contributed by atoms with van der Waals surface area (Å²) in [6, 6.07) is 0.332. The molecule has 8 heteroatoms. The standard InChI is InChI=1S/C13H26N4O3S/c1-13(2)10(9-5-8-20-11(9)13)17-12(14-3)15-6-7-16-21(4,18)19/h9-11,16H,5-8H2,1-4H3,(H2,14,15,17). The summed E-state index contributed by atoms with van der Waals surface area (Å²) in [6.07, 6.45) is 2.57. The average molecular weight is 318 g/mol. The number of ether oxygens (including phenoxy) is 1. The van der Waals surface area contributed by atoms with Gasteiger partial charge in [0.1, 0.15) is 0 Å². The van der Waals surface area contributed by atoms with Gasteiger partial charge in [0, 0.05) is 44.1 Å². The van der Waals surface area contributed by atoms with E-state index in [1.807, 2.05) is 0 Å². The van der Waals surface area contributed by atoms with Gasteiger partial charge in [-0.3, -0.25) is 4.99 Å². The summed E-state index contributed by atoms with van der Waals surface area (Å²) in [5.41, 5.74) is 0.0871. The van der Waals surface area contributed by atoms with Crippen LogP contribution in [-0.2, 0) is 14.8 Å². The first-order valence-electron chi connectivity index (χ1n) is 7.29. The van der Waals surface area contributed by atoms with Gasteiger partial charge in [0.25, 0.3) is 0 Å². The molecule has 21 heavy (non-hydrogen) atoms. The third kappa shape index (κ3) is 3.67. The van der Waals surface area contributed by atoms with Crippen LogP contribution in [0.3, 0.4) is 0 Å². The molecular formula is C13H26N4O3S. The minimum atomic E-state index is -3.14. The monoisotopic (exact) mass is 318 g/mol. The van der Waals surface area contributed by atoms with E-state index in [0.717, 1.165) is 19.3 Å². The van der Waals surface area contributed by atoms with Gasteiger partial charge in [-0.1, -0.05) is 13.8 Å². The number of nitrogens with zero attached hydrogens (tertiary/aromatic N) is 1. The second kappa shape index (κ2) is 6.10. The smallest absolute Gasteiger partial charge is 0.208 e. The van der Waals surface area contributed by atoms with Crippen LogP contribution >= 0.6 is 0 Å². The highest BCUT2D eigenvalue weighted by Gasteiger charge is 2.59. The van der Waals surface area contributed by atoms with Crippen LogP contribution in [0.5, 0.6) is 0 Å². The molecule has 1 heterocycles. The molecule has 0 aromatic rings. The van der Waals surface area contributed by atoms with E-state index >= 15 is 0 Å². The Bertz CT molecular complexity index is 504. The fraction of sp³-hybridized carbons (Fsp3) is 0.923. The van der Waals surface area contributed by atoms with E-state index in [-0.39, 0.29) is 5.41 Å². The Labute approximate surface area is 127 Å². The zero-order valence-corrected chi connectivity index (χ0v) is 14.0. The lowest BCUT2D eigenvalue weighted by atomic mass is 9.57. The number of nitrogens with one attached hydrogen (secondary N) is 3. The van der Waals surface area contributed by atoms with Crippen LogP contribution < -0.4 is 15.4 Å². The molecule has 3 N–H and O–H groups in total. The second-order valence-electron chi connectivity index (χ2n) is 6.35. The highest BCUT2D eigenvalue weighted by atomic mass is 32.2. The largest absolute Gasteiger partial charge is 0.377 e. The molecule has 122 valence electrons. The molecule has 0 radical (unpaired) electrons. The van der Waals surface area contributed by atoms with Crippen molar-refractivity contribution in [2.24, 2.45) is 16.3 Å². The molecule has 1 aliphatic carbocycles. The highest BCUT2D eigenvalue weighted by Crippen LogP contribution is 2.51. The lowest BCUT2D eigenvalue weighted by Crippen LogP contribution is -2.68. The summed E-state index contributed by atoms with van der Waals surface area (Å²) in [4.78, 5) is 4.20. The van der Waals surface area contributed by atoms with Gasteiger partial charge in [-0.2, -0.15) is 0 Å². The number of guanidine groups is 1. The zero-order chi connectivity index (χ0) is 15.7. The van der Waals surface area contributed by atoms with Crippen molar-refractivity contribution in [3.63, 3.8) is 0 Å². The van der Waals surface area contributed by atoms with Gasteiger partial charge in [0.05, 0.1) is 12.4 Å².